The normalized spacial score (nSPS) is 24.6. The number of carbonyl (C=O) groups is 1. The first kappa shape index (κ1) is 25.3. The highest BCUT2D eigenvalue weighted by atomic mass is 19.2. The van der Waals surface area contributed by atoms with Crippen molar-refractivity contribution in [3.63, 3.8) is 0 Å². The molecule has 2 aliphatic rings. The standard InChI is InChI=1S/C29H33F3O3/c1-3-18-5-7-20(8-6-18)23-14-16-26(28(32)27(23)31)35-29(33)21-11-9-19(10-12-21)22-13-15-25(34-4-2)24(30)17-22/h3,13-21H,1,4-12H2,2H3. The van der Waals surface area contributed by atoms with Gasteiger partial charge in [0.2, 0.25) is 5.82 Å². The molecule has 35 heavy (non-hydrogen) atoms. The molecule has 188 valence electrons. The van der Waals surface area contributed by atoms with E-state index in [0.29, 0.717) is 43.8 Å². The number of rotatable bonds is 7. The summed E-state index contributed by atoms with van der Waals surface area (Å²) in [6.45, 7) is 6.02. The molecule has 6 heteroatoms. The van der Waals surface area contributed by atoms with Crippen molar-refractivity contribution in [2.24, 2.45) is 11.8 Å². The van der Waals surface area contributed by atoms with Gasteiger partial charge in [-0.25, -0.2) is 8.78 Å². The summed E-state index contributed by atoms with van der Waals surface area (Å²) in [7, 11) is 0. The number of esters is 1. The van der Waals surface area contributed by atoms with Crippen LogP contribution in [0.5, 0.6) is 11.5 Å². The molecule has 0 saturated heterocycles. The third-order valence-electron chi connectivity index (χ3n) is 7.62. The first-order chi connectivity index (χ1) is 16.9. The SMILES string of the molecule is C=CC1CCC(c2ccc(OC(=O)C3CCC(c4ccc(OCC)c(F)c4)CC3)c(F)c2F)CC1. The smallest absolute Gasteiger partial charge is 0.314 e. The van der Waals surface area contributed by atoms with Crippen molar-refractivity contribution in [3.05, 3.63) is 71.6 Å². The largest absolute Gasteiger partial charge is 0.491 e. The van der Waals surface area contributed by atoms with Crippen molar-refractivity contribution < 1.29 is 27.4 Å². The number of hydrogen-bond donors (Lipinski definition) is 0. The van der Waals surface area contributed by atoms with E-state index in [9.17, 15) is 18.0 Å². The van der Waals surface area contributed by atoms with Crippen LogP contribution in [0.2, 0.25) is 0 Å². The van der Waals surface area contributed by atoms with Crippen LogP contribution in [0.15, 0.2) is 43.0 Å². The Bertz CT molecular complexity index is 1050. The lowest BCUT2D eigenvalue weighted by molar-refractivity contribution is -0.140. The molecule has 2 aromatic carbocycles. The molecule has 0 amide bonds. The second-order valence-electron chi connectivity index (χ2n) is 9.72. The van der Waals surface area contributed by atoms with E-state index in [1.165, 1.54) is 12.1 Å². The summed E-state index contributed by atoms with van der Waals surface area (Å²) in [4.78, 5) is 12.7. The lowest BCUT2D eigenvalue weighted by Crippen LogP contribution is -2.25. The minimum absolute atomic E-state index is 0.0341. The second kappa shape index (κ2) is 11.3. The third-order valence-corrected chi connectivity index (χ3v) is 7.62. The van der Waals surface area contributed by atoms with Gasteiger partial charge in [-0.1, -0.05) is 18.2 Å². The molecule has 4 rings (SSSR count). The third kappa shape index (κ3) is 5.74. The summed E-state index contributed by atoms with van der Waals surface area (Å²) in [5.41, 5.74) is 1.23. The summed E-state index contributed by atoms with van der Waals surface area (Å²) in [6.07, 6.45) is 7.81. The number of allylic oxidation sites excluding steroid dienone is 1. The second-order valence-corrected chi connectivity index (χ2v) is 9.72. The van der Waals surface area contributed by atoms with Gasteiger partial charge in [0.1, 0.15) is 0 Å². The number of carbonyl (C=O) groups excluding carboxylic acids is 1. The van der Waals surface area contributed by atoms with E-state index in [4.69, 9.17) is 9.47 Å². The van der Waals surface area contributed by atoms with Crippen LogP contribution in [0.25, 0.3) is 0 Å². The highest BCUT2D eigenvalue weighted by Crippen LogP contribution is 2.40. The number of hydrogen-bond acceptors (Lipinski definition) is 3. The maximum absolute atomic E-state index is 14.8. The van der Waals surface area contributed by atoms with Crippen molar-refractivity contribution in [1.82, 2.24) is 0 Å². The van der Waals surface area contributed by atoms with Crippen LogP contribution in [0, 0.1) is 29.3 Å². The molecule has 0 bridgehead atoms. The predicted octanol–water partition coefficient (Wildman–Crippen LogP) is 7.84. The Morgan fingerprint density at radius 1 is 0.914 bits per heavy atom. The average Bonchev–Trinajstić information content (AvgIpc) is 2.88. The van der Waals surface area contributed by atoms with E-state index in [0.717, 1.165) is 31.2 Å². The van der Waals surface area contributed by atoms with E-state index < -0.39 is 23.5 Å². The van der Waals surface area contributed by atoms with Gasteiger partial charge in [-0.3, -0.25) is 4.79 Å². The Labute approximate surface area is 205 Å². The van der Waals surface area contributed by atoms with Gasteiger partial charge in [0.15, 0.2) is 23.1 Å². The van der Waals surface area contributed by atoms with Crippen LogP contribution in [-0.2, 0) is 4.79 Å². The molecule has 0 radical (unpaired) electrons. The summed E-state index contributed by atoms with van der Waals surface area (Å²) in [5, 5.41) is 0. The van der Waals surface area contributed by atoms with Crippen molar-refractivity contribution in [3.8, 4) is 11.5 Å². The Hall–Kier alpha value is -2.76. The van der Waals surface area contributed by atoms with Crippen molar-refractivity contribution >= 4 is 5.97 Å². The first-order valence-electron chi connectivity index (χ1n) is 12.7. The van der Waals surface area contributed by atoms with Crippen molar-refractivity contribution in [2.45, 2.75) is 70.1 Å². The molecule has 2 aromatic rings. The van der Waals surface area contributed by atoms with Gasteiger partial charge in [0, 0.05) is 0 Å². The predicted molar refractivity (Wildman–Crippen MR) is 129 cm³/mol. The molecular formula is C29H33F3O3. The maximum Gasteiger partial charge on any atom is 0.314 e. The maximum atomic E-state index is 14.8. The van der Waals surface area contributed by atoms with Crippen LogP contribution in [0.3, 0.4) is 0 Å². The Morgan fingerprint density at radius 3 is 2.20 bits per heavy atom. The Balaban J connectivity index is 1.34. The van der Waals surface area contributed by atoms with E-state index >= 15 is 0 Å². The Morgan fingerprint density at radius 2 is 1.57 bits per heavy atom. The zero-order valence-corrected chi connectivity index (χ0v) is 20.2. The topological polar surface area (TPSA) is 35.5 Å². The lowest BCUT2D eigenvalue weighted by Gasteiger charge is -2.28. The summed E-state index contributed by atoms with van der Waals surface area (Å²) in [6, 6.07) is 7.93. The molecule has 0 unspecified atom stereocenters. The zero-order valence-electron chi connectivity index (χ0n) is 20.2. The van der Waals surface area contributed by atoms with Gasteiger partial charge >= 0.3 is 5.97 Å². The van der Waals surface area contributed by atoms with Gasteiger partial charge in [-0.05, 0) is 105 Å². The zero-order chi connectivity index (χ0) is 24.9. The fourth-order valence-electron chi connectivity index (χ4n) is 5.50. The van der Waals surface area contributed by atoms with Gasteiger partial charge in [-0.2, -0.15) is 4.39 Å². The summed E-state index contributed by atoms with van der Waals surface area (Å²) >= 11 is 0. The van der Waals surface area contributed by atoms with Gasteiger partial charge in [0.05, 0.1) is 12.5 Å². The van der Waals surface area contributed by atoms with E-state index in [1.54, 1.807) is 19.1 Å². The van der Waals surface area contributed by atoms with E-state index in [1.807, 2.05) is 12.1 Å². The minimum Gasteiger partial charge on any atom is -0.491 e. The van der Waals surface area contributed by atoms with Gasteiger partial charge in [-0.15, -0.1) is 6.58 Å². The highest BCUT2D eigenvalue weighted by Gasteiger charge is 2.31. The molecule has 0 aliphatic heterocycles. The minimum atomic E-state index is -1.10. The first-order valence-corrected chi connectivity index (χ1v) is 12.7. The van der Waals surface area contributed by atoms with Crippen LogP contribution in [0.1, 0.15) is 81.3 Å². The van der Waals surface area contributed by atoms with Crippen LogP contribution >= 0.6 is 0 Å². The van der Waals surface area contributed by atoms with E-state index in [-0.39, 0.29) is 29.2 Å². The quantitative estimate of drug-likeness (QED) is 0.227. The molecule has 2 fully saturated rings. The summed E-state index contributed by atoms with van der Waals surface area (Å²) < 4.78 is 54.4. The number of halogens is 3. The Kier molecular flexibility index (Phi) is 8.19. The van der Waals surface area contributed by atoms with Gasteiger partial charge in [0.25, 0.3) is 0 Å². The van der Waals surface area contributed by atoms with Crippen molar-refractivity contribution in [2.75, 3.05) is 6.61 Å². The molecule has 0 spiro atoms. The lowest BCUT2D eigenvalue weighted by atomic mass is 9.78. The van der Waals surface area contributed by atoms with Crippen LogP contribution < -0.4 is 9.47 Å². The molecule has 2 aliphatic carbocycles. The fourth-order valence-corrected chi connectivity index (χ4v) is 5.50. The molecule has 3 nitrogen and oxygen atoms in total. The molecule has 0 N–H and O–H groups in total. The van der Waals surface area contributed by atoms with Gasteiger partial charge < -0.3 is 9.47 Å². The van der Waals surface area contributed by atoms with Crippen LogP contribution in [-0.4, -0.2) is 12.6 Å². The highest BCUT2D eigenvalue weighted by molar-refractivity contribution is 5.75. The molecule has 2 saturated carbocycles. The molecule has 0 aromatic heterocycles. The number of benzene rings is 2. The monoisotopic (exact) mass is 486 g/mol. The summed E-state index contributed by atoms with van der Waals surface area (Å²) in [5.74, 6) is -2.93. The average molecular weight is 487 g/mol. The molecular weight excluding hydrogens is 453 g/mol. The molecule has 0 heterocycles. The van der Waals surface area contributed by atoms with Crippen LogP contribution in [0.4, 0.5) is 13.2 Å². The fraction of sp³-hybridized carbons (Fsp3) is 0.483. The van der Waals surface area contributed by atoms with Crippen molar-refractivity contribution in [1.29, 1.82) is 0 Å². The number of ether oxygens (including phenoxy) is 2. The van der Waals surface area contributed by atoms with E-state index in [2.05, 4.69) is 6.58 Å². The molecule has 0 atom stereocenters.